The Bertz CT molecular complexity index is 356. The smallest absolute Gasteiger partial charge is 0.160 e. The van der Waals surface area contributed by atoms with Crippen LogP contribution in [0.5, 0.6) is 0 Å². The van der Waals surface area contributed by atoms with Crippen molar-refractivity contribution in [2.75, 3.05) is 11.9 Å². The van der Waals surface area contributed by atoms with Gasteiger partial charge < -0.3 is 10.1 Å². The van der Waals surface area contributed by atoms with Crippen LogP contribution in [0.25, 0.3) is 0 Å². The summed E-state index contributed by atoms with van der Waals surface area (Å²) in [6.07, 6.45) is 0.998. The molecule has 15 heavy (non-hydrogen) atoms. The molecular formula is C11H13F2NO. The number of ether oxygens (including phenoxy) is 1. The molecule has 0 spiro atoms. The van der Waals surface area contributed by atoms with E-state index in [2.05, 4.69) is 5.32 Å². The van der Waals surface area contributed by atoms with Gasteiger partial charge in [0.15, 0.2) is 11.6 Å². The van der Waals surface area contributed by atoms with Crippen molar-refractivity contribution in [1.82, 2.24) is 0 Å². The number of hydrogen-bond acceptors (Lipinski definition) is 2. The molecule has 0 amide bonds. The van der Waals surface area contributed by atoms with E-state index in [9.17, 15) is 8.78 Å². The van der Waals surface area contributed by atoms with Gasteiger partial charge in [-0.25, -0.2) is 8.78 Å². The van der Waals surface area contributed by atoms with E-state index in [4.69, 9.17) is 4.74 Å². The van der Waals surface area contributed by atoms with E-state index in [0.29, 0.717) is 12.3 Å². The standard InChI is InChI=1S/C11H13F2NO/c1-7-11(4-5-15-7)14-8-2-3-9(12)10(13)6-8/h2-3,6-7,11,14H,4-5H2,1H3/t7-,11+/m0/s1. The van der Waals surface area contributed by atoms with Crippen molar-refractivity contribution < 1.29 is 13.5 Å². The zero-order chi connectivity index (χ0) is 10.8. The average molecular weight is 213 g/mol. The molecule has 1 aliphatic heterocycles. The lowest BCUT2D eigenvalue weighted by atomic mass is 10.1. The zero-order valence-corrected chi connectivity index (χ0v) is 8.47. The van der Waals surface area contributed by atoms with E-state index < -0.39 is 11.6 Å². The average Bonchev–Trinajstić information content (AvgIpc) is 2.59. The second-order valence-electron chi connectivity index (χ2n) is 3.74. The first-order valence-electron chi connectivity index (χ1n) is 5.00. The minimum absolute atomic E-state index is 0.109. The predicted molar refractivity (Wildman–Crippen MR) is 53.8 cm³/mol. The van der Waals surface area contributed by atoms with Gasteiger partial charge in [-0.2, -0.15) is 0 Å². The Hall–Kier alpha value is -1.16. The fraction of sp³-hybridized carbons (Fsp3) is 0.455. The van der Waals surface area contributed by atoms with Crippen LogP contribution in [-0.2, 0) is 4.74 Å². The largest absolute Gasteiger partial charge is 0.380 e. The Kier molecular flexibility index (Phi) is 2.86. The summed E-state index contributed by atoms with van der Waals surface area (Å²) in [5, 5.41) is 3.13. The molecule has 2 atom stereocenters. The van der Waals surface area contributed by atoms with Crippen LogP contribution in [0.2, 0.25) is 0 Å². The molecule has 0 bridgehead atoms. The molecule has 0 radical (unpaired) electrons. The second-order valence-corrected chi connectivity index (χ2v) is 3.74. The fourth-order valence-electron chi connectivity index (χ4n) is 1.72. The molecule has 0 unspecified atom stereocenters. The maximum absolute atomic E-state index is 12.9. The summed E-state index contributed by atoms with van der Waals surface area (Å²) in [5.41, 5.74) is 0.594. The summed E-state index contributed by atoms with van der Waals surface area (Å²) in [4.78, 5) is 0. The molecule has 1 aliphatic rings. The summed E-state index contributed by atoms with van der Waals surface area (Å²) in [6, 6.07) is 4.00. The third kappa shape index (κ3) is 2.26. The van der Waals surface area contributed by atoms with Gasteiger partial charge in [-0.05, 0) is 25.5 Å². The molecule has 1 aromatic rings. The minimum Gasteiger partial charge on any atom is -0.380 e. The van der Waals surface area contributed by atoms with Crippen molar-refractivity contribution in [3.8, 4) is 0 Å². The van der Waals surface area contributed by atoms with Crippen LogP contribution in [0.3, 0.4) is 0 Å². The van der Waals surface area contributed by atoms with Crippen LogP contribution in [0.15, 0.2) is 18.2 Å². The predicted octanol–water partition coefficient (Wildman–Crippen LogP) is 2.55. The molecule has 0 aliphatic carbocycles. The molecule has 1 heterocycles. The minimum atomic E-state index is -0.827. The van der Waals surface area contributed by atoms with Gasteiger partial charge in [0.2, 0.25) is 0 Å². The molecule has 1 N–H and O–H groups in total. The van der Waals surface area contributed by atoms with Gasteiger partial charge in [0.1, 0.15) is 0 Å². The van der Waals surface area contributed by atoms with Gasteiger partial charge in [0.25, 0.3) is 0 Å². The molecule has 4 heteroatoms. The van der Waals surface area contributed by atoms with Crippen molar-refractivity contribution in [1.29, 1.82) is 0 Å². The van der Waals surface area contributed by atoms with Gasteiger partial charge in [-0.1, -0.05) is 0 Å². The van der Waals surface area contributed by atoms with E-state index in [0.717, 1.165) is 12.5 Å². The molecule has 2 rings (SSSR count). The zero-order valence-electron chi connectivity index (χ0n) is 8.47. The van der Waals surface area contributed by atoms with Crippen LogP contribution in [0.4, 0.5) is 14.5 Å². The quantitative estimate of drug-likeness (QED) is 0.815. The van der Waals surface area contributed by atoms with E-state index in [1.807, 2.05) is 6.92 Å². The van der Waals surface area contributed by atoms with Crippen molar-refractivity contribution in [3.63, 3.8) is 0 Å². The number of anilines is 1. The molecule has 0 saturated carbocycles. The highest BCUT2D eigenvalue weighted by molar-refractivity contribution is 5.44. The van der Waals surface area contributed by atoms with E-state index >= 15 is 0 Å². The van der Waals surface area contributed by atoms with Crippen LogP contribution in [0, 0.1) is 11.6 Å². The number of benzene rings is 1. The number of nitrogens with one attached hydrogen (secondary N) is 1. The maximum Gasteiger partial charge on any atom is 0.160 e. The first-order valence-corrected chi connectivity index (χ1v) is 5.00. The number of hydrogen-bond donors (Lipinski definition) is 1. The topological polar surface area (TPSA) is 21.3 Å². The summed E-state index contributed by atoms with van der Waals surface area (Å²) in [7, 11) is 0. The maximum atomic E-state index is 12.9. The van der Waals surface area contributed by atoms with Crippen LogP contribution in [-0.4, -0.2) is 18.8 Å². The summed E-state index contributed by atoms with van der Waals surface area (Å²) < 4.78 is 30.9. The monoisotopic (exact) mass is 213 g/mol. The van der Waals surface area contributed by atoms with Gasteiger partial charge in [-0.3, -0.25) is 0 Å². The number of halogens is 2. The van der Waals surface area contributed by atoms with Crippen molar-refractivity contribution >= 4 is 5.69 Å². The van der Waals surface area contributed by atoms with Gasteiger partial charge in [0.05, 0.1) is 12.1 Å². The molecule has 1 aromatic carbocycles. The van der Waals surface area contributed by atoms with Crippen LogP contribution >= 0.6 is 0 Å². The first-order chi connectivity index (χ1) is 7.16. The number of rotatable bonds is 2. The lowest BCUT2D eigenvalue weighted by Crippen LogP contribution is -2.26. The lowest BCUT2D eigenvalue weighted by Gasteiger charge is -2.17. The normalized spacial score (nSPS) is 25.5. The van der Waals surface area contributed by atoms with E-state index in [-0.39, 0.29) is 12.1 Å². The highest BCUT2D eigenvalue weighted by Gasteiger charge is 2.23. The Labute approximate surface area is 87.2 Å². The molecular weight excluding hydrogens is 200 g/mol. The summed E-state index contributed by atoms with van der Waals surface area (Å²) in [5.74, 6) is -1.65. The lowest BCUT2D eigenvalue weighted by molar-refractivity contribution is 0.121. The molecule has 0 aromatic heterocycles. The van der Waals surface area contributed by atoms with Crippen molar-refractivity contribution in [2.45, 2.75) is 25.5 Å². The van der Waals surface area contributed by atoms with E-state index in [1.54, 1.807) is 0 Å². The molecule has 1 fully saturated rings. The second kappa shape index (κ2) is 4.14. The Morgan fingerprint density at radius 2 is 2.13 bits per heavy atom. The molecule has 1 saturated heterocycles. The van der Waals surface area contributed by atoms with E-state index in [1.165, 1.54) is 12.1 Å². The molecule has 2 nitrogen and oxygen atoms in total. The summed E-state index contributed by atoms with van der Waals surface area (Å²) >= 11 is 0. The van der Waals surface area contributed by atoms with Crippen LogP contribution in [0.1, 0.15) is 13.3 Å². The van der Waals surface area contributed by atoms with Gasteiger partial charge in [0, 0.05) is 18.4 Å². The van der Waals surface area contributed by atoms with Gasteiger partial charge >= 0.3 is 0 Å². The Balaban J connectivity index is 2.07. The third-order valence-electron chi connectivity index (χ3n) is 2.65. The fourth-order valence-corrected chi connectivity index (χ4v) is 1.72. The SMILES string of the molecule is C[C@@H]1OCC[C@H]1Nc1ccc(F)c(F)c1. The van der Waals surface area contributed by atoms with Crippen molar-refractivity contribution in [3.05, 3.63) is 29.8 Å². The van der Waals surface area contributed by atoms with Crippen LogP contribution < -0.4 is 5.32 Å². The highest BCUT2D eigenvalue weighted by Crippen LogP contribution is 2.20. The third-order valence-corrected chi connectivity index (χ3v) is 2.65. The Morgan fingerprint density at radius 1 is 1.33 bits per heavy atom. The highest BCUT2D eigenvalue weighted by atomic mass is 19.2. The first kappa shape index (κ1) is 10.4. The Morgan fingerprint density at radius 3 is 2.73 bits per heavy atom. The summed E-state index contributed by atoms with van der Waals surface area (Å²) in [6.45, 7) is 2.67. The van der Waals surface area contributed by atoms with Crippen molar-refractivity contribution in [2.24, 2.45) is 0 Å². The van der Waals surface area contributed by atoms with Gasteiger partial charge in [-0.15, -0.1) is 0 Å². The molecule has 82 valence electrons.